The smallest absolute Gasteiger partial charge is 0.453 e. The molecule has 3 nitrogen and oxygen atoms in total. The molecule has 2 fully saturated rings. The monoisotopic (exact) mass is 606 g/mol. The zero-order chi connectivity index (χ0) is 29.8. The summed E-state index contributed by atoms with van der Waals surface area (Å²) in [5.41, 5.74) is 2.73. The molecule has 2 saturated carbocycles. The van der Waals surface area contributed by atoms with E-state index in [-0.39, 0.29) is 17.3 Å². The fourth-order valence-electron chi connectivity index (χ4n) is 8.28. The maximum atomic E-state index is 13.0. The molecule has 0 radical (unpaired) electrons. The van der Waals surface area contributed by atoms with Gasteiger partial charge >= 0.3 is 12.1 Å². The molecular weight excluding hydrogens is 559 g/mol. The Morgan fingerprint density at radius 2 is 1.59 bits per heavy atom. The molecule has 0 heterocycles. The quantitative estimate of drug-likeness (QED) is 0.127. The van der Waals surface area contributed by atoms with Crippen LogP contribution in [0.15, 0.2) is 18.2 Å². The van der Waals surface area contributed by atoms with E-state index in [1.165, 1.54) is 11.1 Å². The lowest BCUT2D eigenvalue weighted by atomic mass is 9.52. The first kappa shape index (κ1) is 32.8. The molecule has 4 rings (SSSR count). The first-order valence-electron chi connectivity index (χ1n) is 15.6. The molecule has 0 bridgehead atoms. The van der Waals surface area contributed by atoms with Gasteiger partial charge in [0.2, 0.25) is 0 Å². The number of aliphatic hydroxyl groups is 1. The van der Waals surface area contributed by atoms with Gasteiger partial charge < -0.3 is 14.8 Å². The van der Waals surface area contributed by atoms with Gasteiger partial charge in [0.25, 0.3) is 0 Å². The van der Waals surface area contributed by atoms with Crippen molar-refractivity contribution in [2.45, 2.75) is 127 Å². The molecule has 0 saturated heterocycles. The number of rotatable bonds is 14. The minimum Gasteiger partial charge on any atom is -0.616 e. The highest BCUT2D eigenvalue weighted by Gasteiger charge is 2.57. The summed E-state index contributed by atoms with van der Waals surface area (Å²) < 4.78 is 74.5. The second kappa shape index (κ2) is 13.7. The lowest BCUT2D eigenvalue weighted by Gasteiger charge is -2.53. The largest absolute Gasteiger partial charge is 0.616 e. The molecule has 1 aromatic carbocycles. The molecule has 234 valence electrons. The van der Waals surface area contributed by atoms with Gasteiger partial charge in [-0.2, -0.15) is 22.0 Å². The van der Waals surface area contributed by atoms with Crippen molar-refractivity contribution in [1.29, 1.82) is 0 Å². The summed E-state index contributed by atoms with van der Waals surface area (Å²) in [6.45, 7) is 2.30. The normalized spacial score (nSPS) is 30.5. The van der Waals surface area contributed by atoms with Gasteiger partial charge in [-0.25, -0.2) is 0 Å². The third-order valence-corrected chi connectivity index (χ3v) is 12.0. The molecule has 3 aliphatic rings. The van der Waals surface area contributed by atoms with Crippen molar-refractivity contribution in [2.75, 3.05) is 11.5 Å². The number of phenolic OH excluding ortho intramolecular Hbond substituents is 1. The fourth-order valence-corrected chi connectivity index (χ4v) is 9.48. The molecule has 7 atom stereocenters. The number of aromatic hydroxyl groups is 1. The molecule has 3 aliphatic carbocycles. The van der Waals surface area contributed by atoms with Gasteiger partial charge in [-0.1, -0.05) is 56.3 Å². The predicted molar refractivity (Wildman–Crippen MR) is 153 cm³/mol. The third kappa shape index (κ3) is 7.72. The van der Waals surface area contributed by atoms with Gasteiger partial charge in [-0.05, 0) is 110 Å². The van der Waals surface area contributed by atoms with Crippen LogP contribution < -0.4 is 0 Å². The van der Waals surface area contributed by atoms with Crippen molar-refractivity contribution in [2.24, 2.45) is 23.2 Å². The minimum atomic E-state index is -5.54. The molecular formula is C32H47F5O3S. The number of fused-ring (bicyclic) bond motifs is 5. The Morgan fingerprint density at radius 1 is 0.927 bits per heavy atom. The van der Waals surface area contributed by atoms with Crippen LogP contribution in [0.4, 0.5) is 22.0 Å². The topological polar surface area (TPSA) is 63.5 Å². The van der Waals surface area contributed by atoms with Crippen LogP contribution in [-0.4, -0.2) is 44.5 Å². The second-order valence-electron chi connectivity index (χ2n) is 13.2. The zero-order valence-corrected chi connectivity index (χ0v) is 25.1. The van der Waals surface area contributed by atoms with Gasteiger partial charge in [0.05, 0.1) is 6.10 Å². The van der Waals surface area contributed by atoms with Gasteiger partial charge in [0.1, 0.15) is 17.3 Å². The van der Waals surface area contributed by atoms with Crippen LogP contribution in [0.25, 0.3) is 0 Å². The third-order valence-electron chi connectivity index (χ3n) is 10.6. The lowest BCUT2D eigenvalue weighted by Crippen LogP contribution is -2.47. The Balaban J connectivity index is 1.15. The Labute approximate surface area is 244 Å². The SMILES string of the molecule is C[C@]12CCC3c4ccc(O)cc4CC(CCCCCCCCC[S+]([O-])CCCC(F)(F)C(F)(F)F)C3C1CC[C@@H]2O. The van der Waals surface area contributed by atoms with E-state index in [9.17, 15) is 36.7 Å². The van der Waals surface area contributed by atoms with Crippen LogP contribution in [-0.2, 0) is 17.6 Å². The number of phenols is 1. The van der Waals surface area contributed by atoms with E-state index in [0.717, 1.165) is 77.0 Å². The highest BCUT2D eigenvalue weighted by Crippen LogP contribution is 2.62. The Morgan fingerprint density at radius 3 is 2.29 bits per heavy atom. The van der Waals surface area contributed by atoms with E-state index in [2.05, 4.69) is 13.0 Å². The average molecular weight is 607 g/mol. The highest BCUT2D eigenvalue weighted by molar-refractivity contribution is 7.91. The number of hydrogen-bond donors (Lipinski definition) is 2. The molecule has 1 aromatic rings. The second-order valence-corrected chi connectivity index (χ2v) is 14.9. The lowest BCUT2D eigenvalue weighted by molar-refractivity contribution is -0.284. The standard InChI is InChI=1S/C32H47F5O3S/c1-30-17-15-26-25-12-11-24(38)21-23(25)20-22(29(26)27(30)13-14-28(30)39)10-7-5-3-2-4-6-8-18-41(40)19-9-16-31(33,34)32(35,36)37/h11-12,21-22,26-29,38-39H,2-10,13-20H2,1H3/t22?,26?,27?,28-,29?,30-,41?/m0/s1. The van der Waals surface area contributed by atoms with E-state index < -0.39 is 36.1 Å². The van der Waals surface area contributed by atoms with E-state index in [1.54, 1.807) is 0 Å². The van der Waals surface area contributed by atoms with Crippen molar-refractivity contribution in [3.05, 3.63) is 29.3 Å². The maximum Gasteiger partial charge on any atom is 0.453 e. The molecule has 5 unspecified atom stereocenters. The first-order chi connectivity index (χ1) is 19.3. The average Bonchev–Trinajstić information content (AvgIpc) is 3.20. The van der Waals surface area contributed by atoms with Crippen molar-refractivity contribution < 1.29 is 36.7 Å². The van der Waals surface area contributed by atoms with E-state index in [0.29, 0.717) is 41.6 Å². The summed E-state index contributed by atoms with van der Waals surface area (Å²) in [5, 5.41) is 21.0. The fraction of sp³-hybridized carbons (Fsp3) is 0.812. The molecule has 0 spiro atoms. The van der Waals surface area contributed by atoms with Crippen LogP contribution in [0.3, 0.4) is 0 Å². The Bertz CT molecular complexity index is 989. The van der Waals surface area contributed by atoms with E-state index >= 15 is 0 Å². The molecule has 9 heteroatoms. The van der Waals surface area contributed by atoms with Gasteiger partial charge in [-0.3, -0.25) is 0 Å². The number of alkyl halides is 5. The van der Waals surface area contributed by atoms with Crippen LogP contribution in [0.5, 0.6) is 5.75 Å². The van der Waals surface area contributed by atoms with Crippen LogP contribution in [0.2, 0.25) is 0 Å². The van der Waals surface area contributed by atoms with Crippen molar-refractivity contribution in [3.8, 4) is 5.75 Å². The Kier molecular flexibility index (Phi) is 11.0. The minimum absolute atomic E-state index is 0.0195. The van der Waals surface area contributed by atoms with Crippen LogP contribution >= 0.6 is 0 Å². The van der Waals surface area contributed by atoms with Crippen molar-refractivity contribution >= 4 is 11.2 Å². The summed E-state index contributed by atoms with van der Waals surface area (Å²) in [5.74, 6) is -1.91. The summed E-state index contributed by atoms with van der Waals surface area (Å²) in [6, 6.07) is 5.92. The van der Waals surface area contributed by atoms with Crippen molar-refractivity contribution in [3.63, 3.8) is 0 Å². The maximum absolute atomic E-state index is 13.0. The van der Waals surface area contributed by atoms with Gasteiger partial charge in [-0.15, -0.1) is 0 Å². The summed E-state index contributed by atoms with van der Waals surface area (Å²) >= 11 is -1.35. The van der Waals surface area contributed by atoms with E-state index in [1.807, 2.05) is 12.1 Å². The molecule has 0 aliphatic heterocycles. The zero-order valence-electron chi connectivity index (χ0n) is 24.2. The van der Waals surface area contributed by atoms with Crippen LogP contribution in [0.1, 0.15) is 114 Å². The number of halogens is 5. The number of benzene rings is 1. The van der Waals surface area contributed by atoms with Gasteiger partial charge in [0.15, 0.2) is 0 Å². The molecule has 0 aromatic heterocycles. The van der Waals surface area contributed by atoms with E-state index in [4.69, 9.17) is 0 Å². The van der Waals surface area contributed by atoms with Gasteiger partial charge in [0, 0.05) is 6.42 Å². The number of unbranched alkanes of at least 4 members (excludes halogenated alkanes) is 6. The van der Waals surface area contributed by atoms with Crippen LogP contribution in [0, 0.1) is 23.2 Å². The molecule has 41 heavy (non-hydrogen) atoms. The summed E-state index contributed by atoms with van der Waals surface area (Å²) in [4.78, 5) is 0. The number of aliphatic hydroxyl groups excluding tert-OH is 1. The molecule has 2 N–H and O–H groups in total. The predicted octanol–water partition coefficient (Wildman–Crippen LogP) is 8.68. The summed E-state index contributed by atoms with van der Waals surface area (Å²) in [6.07, 6.45) is 5.97. The first-order valence-corrected chi connectivity index (χ1v) is 17.1. The molecule has 0 amide bonds. The summed E-state index contributed by atoms with van der Waals surface area (Å²) in [7, 11) is 0. The highest BCUT2D eigenvalue weighted by atomic mass is 32.2. The van der Waals surface area contributed by atoms with Crippen molar-refractivity contribution in [1.82, 2.24) is 0 Å². The number of hydrogen-bond acceptors (Lipinski definition) is 3. The Hall–Kier alpha value is -1.06.